The molecule has 0 radical (unpaired) electrons. The molecule has 0 aliphatic heterocycles. The van der Waals surface area contributed by atoms with Crippen LogP contribution in [0.25, 0.3) is 16.8 Å². The molecule has 4 heteroatoms. The second kappa shape index (κ2) is 5.12. The molecule has 2 aromatic heterocycles. The second-order valence-corrected chi connectivity index (χ2v) is 5.25. The van der Waals surface area contributed by atoms with E-state index in [1.54, 1.807) is 4.40 Å². The normalized spacial score (nSPS) is 11.5. The summed E-state index contributed by atoms with van der Waals surface area (Å²) in [6, 6.07) is 7.75. The molecule has 2 heterocycles. The van der Waals surface area contributed by atoms with E-state index in [0.29, 0.717) is 5.78 Å². The van der Waals surface area contributed by atoms with Crippen molar-refractivity contribution in [2.75, 3.05) is 0 Å². The van der Waals surface area contributed by atoms with Crippen LogP contribution in [0, 0.1) is 6.92 Å². The summed E-state index contributed by atoms with van der Waals surface area (Å²) in [6.07, 6.45) is 4.20. The predicted molar refractivity (Wildman–Crippen MR) is 81.3 cm³/mol. The summed E-state index contributed by atoms with van der Waals surface area (Å²) in [5, 5.41) is 0. The lowest BCUT2D eigenvalue weighted by atomic mass is 10.1. The molecule has 0 spiro atoms. The molecule has 0 fully saturated rings. The van der Waals surface area contributed by atoms with Gasteiger partial charge >= 0.3 is 0 Å². The van der Waals surface area contributed by atoms with Crippen LogP contribution in [-0.2, 0) is 6.42 Å². The standard InChI is InChI=1S/C16H19N3O/c1-3-4-5-8-12-11(2)17-16-18-13-9-6-7-10-14(13)19(16)15(12)20/h6-7,9-10H,3-5,8H2,1-2H3,(H,17,18). The van der Waals surface area contributed by atoms with Crippen LogP contribution in [0.4, 0.5) is 0 Å². The van der Waals surface area contributed by atoms with Crippen LogP contribution in [0.3, 0.4) is 0 Å². The molecule has 0 bridgehead atoms. The van der Waals surface area contributed by atoms with Gasteiger partial charge in [-0.15, -0.1) is 0 Å². The highest BCUT2D eigenvalue weighted by Crippen LogP contribution is 2.15. The van der Waals surface area contributed by atoms with E-state index in [1.165, 1.54) is 0 Å². The van der Waals surface area contributed by atoms with Crippen LogP contribution in [0.2, 0.25) is 0 Å². The summed E-state index contributed by atoms with van der Waals surface area (Å²) in [4.78, 5) is 20.5. The number of aromatic amines is 1. The Hall–Kier alpha value is -2.10. The number of para-hydroxylation sites is 2. The molecule has 104 valence electrons. The summed E-state index contributed by atoms with van der Waals surface area (Å²) in [6.45, 7) is 4.13. The number of hydrogen-bond donors (Lipinski definition) is 1. The second-order valence-electron chi connectivity index (χ2n) is 5.25. The van der Waals surface area contributed by atoms with Crippen molar-refractivity contribution >= 4 is 16.8 Å². The zero-order chi connectivity index (χ0) is 14.1. The van der Waals surface area contributed by atoms with Gasteiger partial charge in [0, 0.05) is 11.3 Å². The van der Waals surface area contributed by atoms with E-state index < -0.39 is 0 Å². The minimum Gasteiger partial charge on any atom is -0.329 e. The Kier molecular flexibility index (Phi) is 3.30. The van der Waals surface area contributed by atoms with E-state index in [9.17, 15) is 4.79 Å². The van der Waals surface area contributed by atoms with Gasteiger partial charge in [0.2, 0.25) is 5.78 Å². The maximum absolute atomic E-state index is 12.7. The number of imidazole rings is 1. The number of rotatable bonds is 4. The molecule has 0 unspecified atom stereocenters. The van der Waals surface area contributed by atoms with Crippen molar-refractivity contribution in [3.8, 4) is 0 Å². The Bertz CT molecular complexity index is 814. The molecule has 0 saturated heterocycles. The first-order valence-electron chi connectivity index (χ1n) is 7.21. The molecular formula is C16H19N3O. The average Bonchev–Trinajstić information content (AvgIpc) is 2.80. The third kappa shape index (κ3) is 2.01. The fourth-order valence-electron chi connectivity index (χ4n) is 2.70. The monoisotopic (exact) mass is 269 g/mol. The lowest BCUT2D eigenvalue weighted by Gasteiger charge is -2.06. The Morgan fingerprint density at radius 2 is 2.05 bits per heavy atom. The number of aromatic nitrogens is 3. The predicted octanol–water partition coefficient (Wildman–Crippen LogP) is 3.22. The molecule has 3 aromatic rings. The van der Waals surface area contributed by atoms with Gasteiger partial charge in [-0.1, -0.05) is 31.9 Å². The van der Waals surface area contributed by atoms with Crippen LogP contribution >= 0.6 is 0 Å². The number of hydrogen-bond acceptors (Lipinski definition) is 2. The smallest absolute Gasteiger partial charge is 0.262 e. The number of nitrogens with one attached hydrogen (secondary N) is 1. The van der Waals surface area contributed by atoms with Crippen LogP contribution in [-0.4, -0.2) is 14.4 Å². The molecular weight excluding hydrogens is 250 g/mol. The van der Waals surface area contributed by atoms with E-state index in [1.807, 2.05) is 31.2 Å². The molecule has 4 nitrogen and oxygen atoms in total. The van der Waals surface area contributed by atoms with Crippen molar-refractivity contribution in [3.05, 3.63) is 45.9 Å². The minimum absolute atomic E-state index is 0.0704. The van der Waals surface area contributed by atoms with Gasteiger partial charge in [-0.2, -0.15) is 0 Å². The Balaban J connectivity index is 2.21. The van der Waals surface area contributed by atoms with E-state index in [4.69, 9.17) is 0 Å². The van der Waals surface area contributed by atoms with Crippen molar-refractivity contribution in [2.24, 2.45) is 0 Å². The summed E-state index contributed by atoms with van der Waals surface area (Å²) in [5.74, 6) is 0.632. The highest BCUT2D eigenvalue weighted by Gasteiger charge is 2.12. The molecule has 0 aliphatic carbocycles. The Morgan fingerprint density at radius 3 is 2.85 bits per heavy atom. The van der Waals surface area contributed by atoms with Gasteiger partial charge in [-0.05, 0) is 31.9 Å². The molecule has 0 amide bonds. The topological polar surface area (TPSA) is 50.2 Å². The zero-order valence-electron chi connectivity index (χ0n) is 11.9. The fourth-order valence-corrected chi connectivity index (χ4v) is 2.70. The zero-order valence-corrected chi connectivity index (χ0v) is 11.9. The first-order valence-corrected chi connectivity index (χ1v) is 7.21. The van der Waals surface area contributed by atoms with Crippen molar-refractivity contribution in [2.45, 2.75) is 39.5 Å². The van der Waals surface area contributed by atoms with Crippen molar-refractivity contribution in [1.82, 2.24) is 14.4 Å². The van der Waals surface area contributed by atoms with Gasteiger partial charge in [-0.3, -0.25) is 4.79 Å². The maximum atomic E-state index is 12.7. The first kappa shape index (κ1) is 12.9. The molecule has 1 N–H and O–H groups in total. The highest BCUT2D eigenvalue weighted by molar-refractivity contribution is 5.79. The summed E-state index contributed by atoms with van der Waals surface area (Å²) >= 11 is 0. The van der Waals surface area contributed by atoms with E-state index in [-0.39, 0.29) is 5.56 Å². The quantitative estimate of drug-likeness (QED) is 0.739. The minimum atomic E-state index is 0.0704. The fraction of sp³-hybridized carbons (Fsp3) is 0.375. The van der Waals surface area contributed by atoms with Crippen LogP contribution < -0.4 is 5.56 Å². The maximum Gasteiger partial charge on any atom is 0.262 e. The molecule has 1 aromatic carbocycles. The average molecular weight is 269 g/mol. The van der Waals surface area contributed by atoms with E-state index in [0.717, 1.165) is 48.0 Å². The number of H-pyrrole nitrogens is 1. The first-order chi connectivity index (χ1) is 9.72. The molecule has 0 atom stereocenters. The van der Waals surface area contributed by atoms with Gasteiger partial charge < -0.3 is 4.98 Å². The SMILES string of the molecule is CCCCCc1c(C)[nH]c2nc3ccccc3n2c1=O. The van der Waals surface area contributed by atoms with Crippen molar-refractivity contribution < 1.29 is 0 Å². The summed E-state index contributed by atoms with van der Waals surface area (Å²) < 4.78 is 1.70. The lowest BCUT2D eigenvalue weighted by molar-refractivity contribution is 0.706. The highest BCUT2D eigenvalue weighted by atomic mass is 16.1. The number of unbranched alkanes of at least 4 members (excludes halogenated alkanes) is 2. The molecule has 0 aliphatic rings. The third-order valence-corrected chi connectivity index (χ3v) is 3.80. The lowest BCUT2D eigenvalue weighted by Crippen LogP contribution is -2.20. The van der Waals surface area contributed by atoms with Gasteiger partial charge in [0.05, 0.1) is 11.0 Å². The van der Waals surface area contributed by atoms with Gasteiger partial charge in [0.1, 0.15) is 0 Å². The van der Waals surface area contributed by atoms with Crippen molar-refractivity contribution in [1.29, 1.82) is 0 Å². The van der Waals surface area contributed by atoms with Gasteiger partial charge in [0.15, 0.2) is 0 Å². The van der Waals surface area contributed by atoms with Crippen LogP contribution in [0.5, 0.6) is 0 Å². The van der Waals surface area contributed by atoms with Crippen LogP contribution in [0.15, 0.2) is 29.1 Å². The van der Waals surface area contributed by atoms with Crippen LogP contribution in [0.1, 0.15) is 37.4 Å². The summed E-state index contributed by atoms with van der Waals surface area (Å²) in [5.41, 5.74) is 3.62. The van der Waals surface area contributed by atoms with Gasteiger partial charge in [-0.25, -0.2) is 9.38 Å². The number of fused-ring (bicyclic) bond motifs is 3. The summed E-state index contributed by atoms with van der Waals surface area (Å²) in [7, 11) is 0. The molecule has 20 heavy (non-hydrogen) atoms. The van der Waals surface area contributed by atoms with Crippen molar-refractivity contribution in [3.63, 3.8) is 0 Å². The largest absolute Gasteiger partial charge is 0.329 e. The molecule has 3 rings (SSSR count). The van der Waals surface area contributed by atoms with Gasteiger partial charge in [0.25, 0.3) is 5.56 Å². The number of aryl methyl sites for hydroxylation is 1. The Morgan fingerprint density at radius 1 is 1.25 bits per heavy atom. The Labute approximate surface area is 117 Å². The molecule has 0 saturated carbocycles. The van der Waals surface area contributed by atoms with E-state index >= 15 is 0 Å². The third-order valence-electron chi connectivity index (χ3n) is 3.80. The number of benzene rings is 1. The van der Waals surface area contributed by atoms with E-state index in [2.05, 4.69) is 16.9 Å². The number of nitrogens with zero attached hydrogens (tertiary/aromatic N) is 2.